The van der Waals surface area contributed by atoms with E-state index in [0.717, 1.165) is 44.9 Å². The lowest BCUT2D eigenvalue weighted by Crippen LogP contribution is -2.62. The molecule has 0 bridgehead atoms. The Morgan fingerprint density at radius 3 is 2.55 bits per heavy atom. The Kier molecular flexibility index (Phi) is 5.71. The van der Waals surface area contributed by atoms with Crippen LogP contribution >= 0.6 is 0 Å². The minimum atomic E-state index is -0.545. The van der Waals surface area contributed by atoms with Crippen molar-refractivity contribution in [3.63, 3.8) is 0 Å². The molecule has 0 aromatic carbocycles. The van der Waals surface area contributed by atoms with Crippen molar-refractivity contribution in [2.75, 3.05) is 7.11 Å². The van der Waals surface area contributed by atoms with Crippen LogP contribution in [-0.2, 0) is 4.84 Å². The summed E-state index contributed by atoms with van der Waals surface area (Å²) in [5.41, 5.74) is -0.275. The highest BCUT2D eigenvalue weighted by Gasteiger charge is 2.66. The Hall–Kier alpha value is -1.13. The molecule has 4 fully saturated rings. The molecule has 0 heterocycles. The van der Waals surface area contributed by atoms with E-state index in [1.165, 1.54) is 12.8 Å². The zero-order chi connectivity index (χ0) is 20.7. The first kappa shape index (κ1) is 21.1. The number of hydrogen-bond acceptors (Lipinski definition) is 4. The fourth-order valence-electron chi connectivity index (χ4n) is 7.96. The van der Waals surface area contributed by atoms with Gasteiger partial charge in [-0.25, -0.2) is 0 Å². The molecule has 4 aliphatic carbocycles. The summed E-state index contributed by atoms with van der Waals surface area (Å²) in [6.45, 7) is 4.82. The van der Waals surface area contributed by atoms with E-state index in [4.69, 9.17) is 0 Å². The second-order valence-electron chi connectivity index (χ2n) is 10.7. The molecule has 0 spiro atoms. The van der Waals surface area contributed by atoms with Gasteiger partial charge in [0.25, 0.3) is 0 Å². The quantitative estimate of drug-likeness (QED) is 0.401. The second kappa shape index (κ2) is 7.85. The third-order valence-corrected chi connectivity index (χ3v) is 9.71. The van der Waals surface area contributed by atoms with Crippen LogP contribution in [0, 0.1) is 34.5 Å². The predicted molar refractivity (Wildman–Crippen MR) is 116 cm³/mol. The highest BCUT2D eigenvalue weighted by Crippen LogP contribution is 2.69. The first-order chi connectivity index (χ1) is 13.8. The molecule has 2 N–H and O–H groups in total. The summed E-state index contributed by atoms with van der Waals surface area (Å²) in [5.74, 6) is 2.09. The molecule has 4 nitrogen and oxygen atoms in total. The molecule has 4 heteroatoms. The molecule has 0 radical (unpaired) electrons. The zero-order valence-electron chi connectivity index (χ0n) is 18.4. The smallest absolute Gasteiger partial charge is 0.106 e. The number of nitrogens with zero attached hydrogens (tertiary/aromatic N) is 1. The van der Waals surface area contributed by atoms with E-state index in [-0.39, 0.29) is 11.5 Å². The van der Waals surface area contributed by atoms with E-state index in [1.807, 2.05) is 12.2 Å². The molecular formula is C25H39NO3. The molecule has 4 aliphatic rings. The fraction of sp³-hybridized carbons (Fsp3) is 0.800. The van der Waals surface area contributed by atoms with Crippen molar-refractivity contribution in [3.05, 3.63) is 24.3 Å². The van der Waals surface area contributed by atoms with Gasteiger partial charge < -0.3 is 15.1 Å². The normalized spacial score (nSPS) is 50.0. The molecule has 8 atom stereocenters. The van der Waals surface area contributed by atoms with Gasteiger partial charge in [0.15, 0.2) is 0 Å². The Bertz CT molecular complexity index is 688. The molecular weight excluding hydrogens is 362 g/mol. The number of aliphatic hydroxyl groups is 2. The molecule has 0 unspecified atom stereocenters. The largest absolute Gasteiger partial charge is 0.399 e. The van der Waals surface area contributed by atoms with Gasteiger partial charge in [-0.2, -0.15) is 0 Å². The maximum Gasteiger partial charge on any atom is 0.106 e. The maximum absolute atomic E-state index is 12.1. The SMILES string of the molecule is CO/N=C/C=C/C=C/[C@H]1CC[C@]2(O)[C@@H]3CC[C@@H]4C[C@@H](O)CC[C@]4(C)[C@H]3CC[C@]12C. The molecule has 4 rings (SSSR count). The maximum atomic E-state index is 12.1. The van der Waals surface area contributed by atoms with Crippen LogP contribution in [0.2, 0.25) is 0 Å². The lowest BCUT2D eigenvalue weighted by molar-refractivity contribution is -0.207. The van der Waals surface area contributed by atoms with Crippen LogP contribution in [0.4, 0.5) is 0 Å². The number of hydrogen-bond donors (Lipinski definition) is 2. The Morgan fingerprint density at radius 2 is 1.76 bits per heavy atom. The zero-order valence-corrected chi connectivity index (χ0v) is 18.4. The Labute approximate surface area is 176 Å². The van der Waals surface area contributed by atoms with Gasteiger partial charge in [-0.3, -0.25) is 0 Å². The average Bonchev–Trinajstić information content (AvgIpc) is 2.96. The van der Waals surface area contributed by atoms with Gasteiger partial charge in [0, 0.05) is 5.41 Å². The van der Waals surface area contributed by atoms with Crippen molar-refractivity contribution in [1.82, 2.24) is 0 Å². The molecule has 162 valence electrons. The molecule has 4 saturated carbocycles. The minimum Gasteiger partial charge on any atom is -0.399 e. The number of rotatable bonds is 4. The number of fused-ring (bicyclic) bond motifs is 5. The fourth-order valence-corrected chi connectivity index (χ4v) is 7.96. The van der Waals surface area contributed by atoms with Gasteiger partial charge >= 0.3 is 0 Å². The van der Waals surface area contributed by atoms with Gasteiger partial charge in [-0.1, -0.05) is 37.2 Å². The van der Waals surface area contributed by atoms with Crippen molar-refractivity contribution in [1.29, 1.82) is 0 Å². The van der Waals surface area contributed by atoms with E-state index in [1.54, 1.807) is 13.3 Å². The first-order valence-corrected chi connectivity index (χ1v) is 11.7. The van der Waals surface area contributed by atoms with Crippen LogP contribution in [0.3, 0.4) is 0 Å². The molecule has 0 amide bonds. The predicted octanol–water partition coefficient (Wildman–Crippen LogP) is 4.87. The van der Waals surface area contributed by atoms with Crippen LogP contribution < -0.4 is 0 Å². The topological polar surface area (TPSA) is 62.0 Å². The standard InChI is InChI=1S/C25H39NO3/c1-23-13-11-20(27)17-19(23)8-9-22-21(23)12-14-24(2)18(10-15-25(22,24)28)7-5-4-6-16-26-29-3/h4-7,16,18-22,27-28H,8-15,17H2,1-3H3/b6-4+,7-5+,26-16+/t18-,19+,20-,21-,22+,23-,24+,25-/m0/s1. The number of oxime groups is 1. The third-order valence-electron chi connectivity index (χ3n) is 9.71. The minimum absolute atomic E-state index is 0.0312. The third kappa shape index (κ3) is 3.31. The lowest BCUT2D eigenvalue weighted by atomic mass is 9.43. The van der Waals surface area contributed by atoms with Crippen LogP contribution in [0.15, 0.2) is 29.5 Å². The van der Waals surface area contributed by atoms with Crippen LogP contribution in [-0.4, -0.2) is 35.2 Å². The molecule has 0 aromatic rings. The van der Waals surface area contributed by atoms with Gasteiger partial charge in [0.05, 0.1) is 17.9 Å². The van der Waals surface area contributed by atoms with Crippen molar-refractivity contribution >= 4 is 6.21 Å². The van der Waals surface area contributed by atoms with E-state index in [2.05, 4.69) is 36.0 Å². The first-order valence-electron chi connectivity index (χ1n) is 11.7. The summed E-state index contributed by atoms with van der Waals surface area (Å²) < 4.78 is 0. The highest BCUT2D eigenvalue weighted by molar-refractivity contribution is 5.70. The van der Waals surface area contributed by atoms with Crippen molar-refractivity contribution < 1.29 is 15.1 Å². The Morgan fingerprint density at radius 1 is 0.931 bits per heavy atom. The van der Waals surface area contributed by atoms with Gasteiger partial charge in [0.2, 0.25) is 0 Å². The second-order valence-corrected chi connectivity index (χ2v) is 10.7. The molecule has 0 aromatic heterocycles. The molecule has 0 aliphatic heterocycles. The number of allylic oxidation sites excluding steroid dienone is 4. The van der Waals surface area contributed by atoms with E-state index < -0.39 is 5.60 Å². The lowest BCUT2D eigenvalue weighted by Gasteiger charge is -2.63. The van der Waals surface area contributed by atoms with Crippen molar-refractivity contribution in [3.8, 4) is 0 Å². The van der Waals surface area contributed by atoms with E-state index in [0.29, 0.717) is 29.1 Å². The van der Waals surface area contributed by atoms with Crippen LogP contribution in [0.5, 0.6) is 0 Å². The molecule has 29 heavy (non-hydrogen) atoms. The van der Waals surface area contributed by atoms with Crippen molar-refractivity contribution in [2.24, 2.45) is 39.7 Å². The van der Waals surface area contributed by atoms with Crippen LogP contribution in [0.1, 0.15) is 71.6 Å². The Balaban J connectivity index is 1.53. The summed E-state index contributed by atoms with van der Waals surface area (Å²) in [7, 11) is 1.54. The summed E-state index contributed by atoms with van der Waals surface area (Å²) in [6.07, 6.45) is 19.5. The van der Waals surface area contributed by atoms with Crippen molar-refractivity contribution in [2.45, 2.75) is 83.3 Å². The summed E-state index contributed by atoms with van der Waals surface area (Å²) in [5, 5.41) is 26.1. The van der Waals surface area contributed by atoms with E-state index >= 15 is 0 Å². The van der Waals surface area contributed by atoms with Gasteiger partial charge in [0.1, 0.15) is 7.11 Å². The highest BCUT2D eigenvalue weighted by atomic mass is 16.6. The summed E-state index contributed by atoms with van der Waals surface area (Å²) in [6, 6.07) is 0. The van der Waals surface area contributed by atoms with Crippen LogP contribution in [0.25, 0.3) is 0 Å². The summed E-state index contributed by atoms with van der Waals surface area (Å²) in [4.78, 5) is 4.67. The molecule has 0 saturated heterocycles. The average molecular weight is 402 g/mol. The van der Waals surface area contributed by atoms with Gasteiger partial charge in [-0.15, -0.1) is 0 Å². The monoisotopic (exact) mass is 401 g/mol. The summed E-state index contributed by atoms with van der Waals surface area (Å²) >= 11 is 0. The number of aliphatic hydroxyl groups excluding tert-OH is 1. The van der Waals surface area contributed by atoms with Gasteiger partial charge in [-0.05, 0) is 93.0 Å². The van der Waals surface area contributed by atoms with E-state index in [9.17, 15) is 10.2 Å².